The van der Waals surface area contributed by atoms with E-state index in [1.165, 1.54) is 16.8 Å². The lowest BCUT2D eigenvalue weighted by molar-refractivity contribution is 0.902. The maximum atomic E-state index is 4.33. The molecule has 0 bridgehead atoms. The van der Waals surface area contributed by atoms with Crippen LogP contribution in [-0.2, 0) is 6.42 Å². The number of hydrogen-bond donors (Lipinski definition) is 0. The third-order valence-corrected chi connectivity index (χ3v) is 3.00. The van der Waals surface area contributed by atoms with Crippen molar-refractivity contribution in [3.8, 4) is 0 Å². The molecule has 1 aromatic heterocycles. The summed E-state index contributed by atoms with van der Waals surface area (Å²) >= 11 is 0. The maximum Gasteiger partial charge on any atom is 0.0403 e. The molecular weight excluding hydrogens is 194 g/mol. The Kier molecular flexibility index (Phi) is 3.35. The van der Waals surface area contributed by atoms with Crippen LogP contribution in [0.5, 0.6) is 0 Å². The highest BCUT2D eigenvalue weighted by atomic mass is 14.7. The van der Waals surface area contributed by atoms with Crippen molar-refractivity contribution < 1.29 is 0 Å². The zero-order valence-electron chi connectivity index (χ0n) is 9.85. The molecule has 1 heterocycles. The van der Waals surface area contributed by atoms with Gasteiger partial charge in [-0.25, -0.2) is 0 Å². The summed E-state index contributed by atoms with van der Waals surface area (Å²) in [4.78, 5) is 4.33. The molecule has 0 radical (unpaired) electrons. The molecule has 1 atom stereocenters. The predicted molar refractivity (Wildman–Crippen MR) is 67.6 cm³/mol. The Morgan fingerprint density at radius 3 is 2.50 bits per heavy atom. The predicted octanol–water partition coefficient (Wildman–Crippen LogP) is 3.80. The third-order valence-electron chi connectivity index (χ3n) is 3.00. The van der Waals surface area contributed by atoms with Crippen molar-refractivity contribution in [1.29, 1.82) is 0 Å². The quantitative estimate of drug-likeness (QED) is 0.752. The smallest absolute Gasteiger partial charge is 0.0403 e. The second kappa shape index (κ2) is 4.93. The average Bonchev–Trinajstić information content (AvgIpc) is 2.39. The van der Waals surface area contributed by atoms with E-state index in [-0.39, 0.29) is 0 Å². The molecule has 16 heavy (non-hydrogen) atoms. The molecule has 2 rings (SSSR count). The molecule has 0 aliphatic carbocycles. The maximum absolute atomic E-state index is 4.33. The van der Waals surface area contributed by atoms with Gasteiger partial charge in [0.15, 0.2) is 0 Å². The first kappa shape index (κ1) is 10.9. The summed E-state index contributed by atoms with van der Waals surface area (Å²) in [5.41, 5.74) is 3.87. The first-order valence-electron chi connectivity index (χ1n) is 5.81. The first-order valence-corrected chi connectivity index (χ1v) is 5.81. The fourth-order valence-electron chi connectivity index (χ4n) is 1.89. The molecule has 0 aliphatic rings. The highest BCUT2D eigenvalue weighted by Gasteiger charge is 2.08. The second-order valence-electron chi connectivity index (χ2n) is 4.07. The fraction of sp³-hybridized carbons (Fsp3) is 0.267. The van der Waals surface area contributed by atoms with E-state index in [9.17, 15) is 0 Å². The van der Waals surface area contributed by atoms with E-state index in [0.29, 0.717) is 5.92 Å². The molecule has 1 aromatic carbocycles. The Morgan fingerprint density at radius 1 is 1.06 bits per heavy atom. The van der Waals surface area contributed by atoms with E-state index in [1.54, 1.807) is 0 Å². The molecule has 0 N–H and O–H groups in total. The standard InChI is InChI=1S/C15H17N/c1-3-15-11-14(9-10-16-15)12(2)13-7-5-4-6-8-13/h4-12H,3H2,1-2H3. The molecule has 2 aromatic rings. The van der Waals surface area contributed by atoms with E-state index in [2.05, 4.69) is 61.3 Å². The summed E-state index contributed by atoms with van der Waals surface area (Å²) < 4.78 is 0. The van der Waals surface area contributed by atoms with Gasteiger partial charge in [-0.05, 0) is 29.7 Å². The third kappa shape index (κ3) is 2.30. The lowest BCUT2D eigenvalue weighted by Crippen LogP contribution is -1.98. The van der Waals surface area contributed by atoms with Gasteiger partial charge in [0, 0.05) is 17.8 Å². The Labute approximate surface area is 97.2 Å². The summed E-state index contributed by atoms with van der Waals surface area (Å²) in [6, 6.07) is 14.9. The van der Waals surface area contributed by atoms with Crippen molar-refractivity contribution in [3.63, 3.8) is 0 Å². The molecule has 0 saturated carbocycles. The molecule has 0 amide bonds. The van der Waals surface area contributed by atoms with Crippen LogP contribution in [0, 0.1) is 0 Å². The van der Waals surface area contributed by atoms with Crippen molar-refractivity contribution in [3.05, 3.63) is 65.5 Å². The van der Waals surface area contributed by atoms with Crippen LogP contribution in [-0.4, -0.2) is 4.98 Å². The second-order valence-corrected chi connectivity index (χ2v) is 4.07. The van der Waals surface area contributed by atoms with Crippen LogP contribution in [0.2, 0.25) is 0 Å². The number of rotatable bonds is 3. The summed E-state index contributed by atoms with van der Waals surface area (Å²) in [5.74, 6) is 0.439. The SMILES string of the molecule is CCc1cc(C(C)c2ccccc2)ccn1. The van der Waals surface area contributed by atoms with Gasteiger partial charge in [-0.2, -0.15) is 0 Å². The van der Waals surface area contributed by atoms with E-state index >= 15 is 0 Å². The number of aryl methyl sites for hydroxylation is 1. The summed E-state index contributed by atoms with van der Waals surface area (Å²) in [6.45, 7) is 4.38. The van der Waals surface area contributed by atoms with Crippen LogP contribution in [0.3, 0.4) is 0 Å². The van der Waals surface area contributed by atoms with Gasteiger partial charge in [-0.15, -0.1) is 0 Å². The molecule has 0 fully saturated rings. The van der Waals surface area contributed by atoms with Gasteiger partial charge >= 0.3 is 0 Å². The van der Waals surface area contributed by atoms with Gasteiger partial charge in [0.2, 0.25) is 0 Å². The Hall–Kier alpha value is -1.63. The molecule has 0 aliphatic heterocycles. The van der Waals surface area contributed by atoms with Crippen molar-refractivity contribution in [2.24, 2.45) is 0 Å². The van der Waals surface area contributed by atoms with Gasteiger partial charge in [0.1, 0.15) is 0 Å². The van der Waals surface area contributed by atoms with E-state index in [1.807, 2.05) is 6.20 Å². The van der Waals surface area contributed by atoms with Crippen LogP contribution in [0.15, 0.2) is 48.7 Å². The summed E-state index contributed by atoms with van der Waals surface area (Å²) in [7, 11) is 0. The van der Waals surface area contributed by atoms with Crippen LogP contribution in [0.1, 0.15) is 36.6 Å². The zero-order valence-corrected chi connectivity index (χ0v) is 9.85. The molecule has 1 nitrogen and oxygen atoms in total. The zero-order chi connectivity index (χ0) is 11.4. The van der Waals surface area contributed by atoms with Gasteiger partial charge < -0.3 is 0 Å². The number of pyridine rings is 1. The van der Waals surface area contributed by atoms with Crippen molar-refractivity contribution >= 4 is 0 Å². The topological polar surface area (TPSA) is 12.9 Å². The van der Waals surface area contributed by atoms with Gasteiger partial charge in [0.25, 0.3) is 0 Å². The van der Waals surface area contributed by atoms with Crippen molar-refractivity contribution in [1.82, 2.24) is 4.98 Å². The van der Waals surface area contributed by atoms with Crippen LogP contribution >= 0.6 is 0 Å². The molecular formula is C15H17N. The highest BCUT2D eigenvalue weighted by molar-refractivity contribution is 5.31. The number of benzene rings is 1. The van der Waals surface area contributed by atoms with E-state index in [0.717, 1.165) is 6.42 Å². The summed E-state index contributed by atoms with van der Waals surface area (Å²) in [6.07, 6.45) is 2.91. The minimum Gasteiger partial charge on any atom is -0.261 e. The normalized spacial score (nSPS) is 12.4. The Balaban J connectivity index is 2.30. The van der Waals surface area contributed by atoms with Crippen LogP contribution < -0.4 is 0 Å². The molecule has 82 valence electrons. The lowest BCUT2D eigenvalue weighted by atomic mass is 9.93. The molecule has 0 saturated heterocycles. The number of nitrogens with zero attached hydrogens (tertiary/aromatic N) is 1. The van der Waals surface area contributed by atoms with E-state index in [4.69, 9.17) is 0 Å². The van der Waals surface area contributed by atoms with Crippen LogP contribution in [0.25, 0.3) is 0 Å². The minimum absolute atomic E-state index is 0.439. The Bertz CT molecular complexity index is 448. The largest absolute Gasteiger partial charge is 0.261 e. The van der Waals surface area contributed by atoms with Gasteiger partial charge in [-0.3, -0.25) is 4.98 Å². The lowest BCUT2D eigenvalue weighted by Gasteiger charge is -2.12. The first-order chi connectivity index (χ1) is 7.81. The van der Waals surface area contributed by atoms with Gasteiger partial charge in [-0.1, -0.05) is 44.2 Å². The molecule has 0 spiro atoms. The van der Waals surface area contributed by atoms with Gasteiger partial charge in [0.05, 0.1) is 0 Å². The molecule has 1 unspecified atom stereocenters. The number of hydrogen-bond acceptors (Lipinski definition) is 1. The molecule has 1 heteroatoms. The van der Waals surface area contributed by atoms with E-state index < -0.39 is 0 Å². The van der Waals surface area contributed by atoms with Crippen LogP contribution in [0.4, 0.5) is 0 Å². The summed E-state index contributed by atoms with van der Waals surface area (Å²) in [5, 5.41) is 0. The fourth-order valence-corrected chi connectivity index (χ4v) is 1.89. The Morgan fingerprint density at radius 2 is 1.81 bits per heavy atom. The monoisotopic (exact) mass is 211 g/mol. The number of aromatic nitrogens is 1. The average molecular weight is 211 g/mol. The van der Waals surface area contributed by atoms with Crippen molar-refractivity contribution in [2.45, 2.75) is 26.2 Å². The highest BCUT2D eigenvalue weighted by Crippen LogP contribution is 2.23. The van der Waals surface area contributed by atoms with Crippen molar-refractivity contribution in [2.75, 3.05) is 0 Å². The minimum atomic E-state index is 0.439.